The Kier molecular flexibility index (Phi) is 9.76. The molecule has 0 atom stereocenters. The average molecular weight is 468 g/mol. The van der Waals surface area contributed by atoms with Crippen molar-refractivity contribution in [3.63, 3.8) is 0 Å². The van der Waals surface area contributed by atoms with Crippen LogP contribution >= 0.6 is 0 Å². The van der Waals surface area contributed by atoms with E-state index in [2.05, 4.69) is 29.4 Å². The lowest BCUT2D eigenvalue weighted by Crippen LogP contribution is -2.35. The maximum absolute atomic E-state index is 13.0. The van der Waals surface area contributed by atoms with Crippen LogP contribution in [0.15, 0.2) is 42.5 Å². The SMILES string of the molecule is CCCCOc1ccc(C(=O)Nc2ccc(N3CCC(C)CC3)c(C(=O)NCCOC)c2)cc1. The molecule has 0 saturated carbocycles. The Hall–Kier alpha value is -3.06. The number of rotatable bonds is 11. The molecule has 2 amide bonds. The van der Waals surface area contributed by atoms with Crippen LogP contribution in [0.4, 0.5) is 11.4 Å². The summed E-state index contributed by atoms with van der Waals surface area (Å²) < 4.78 is 10.7. The van der Waals surface area contributed by atoms with E-state index in [-0.39, 0.29) is 11.8 Å². The van der Waals surface area contributed by atoms with E-state index < -0.39 is 0 Å². The summed E-state index contributed by atoms with van der Waals surface area (Å²) in [5.41, 5.74) is 2.57. The monoisotopic (exact) mass is 467 g/mol. The van der Waals surface area contributed by atoms with Gasteiger partial charge in [-0.1, -0.05) is 20.3 Å². The molecule has 3 rings (SSSR count). The van der Waals surface area contributed by atoms with Crippen LogP contribution in [-0.2, 0) is 4.74 Å². The van der Waals surface area contributed by atoms with E-state index in [0.717, 1.165) is 50.2 Å². The predicted molar refractivity (Wildman–Crippen MR) is 136 cm³/mol. The molecule has 1 aliphatic rings. The third kappa shape index (κ3) is 7.22. The van der Waals surface area contributed by atoms with Crippen LogP contribution < -0.4 is 20.3 Å². The van der Waals surface area contributed by atoms with E-state index in [1.54, 1.807) is 37.4 Å². The van der Waals surface area contributed by atoms with Gasteiger partial charge in [0, 0.05) is 43.7 Å². The molecular weight excluding hydrogens is 430 g/mol. The van der Waals surface area contributed by atoms with Gasteiger partial charge >= 0.3 is 0 Å². The Morgan fingerprint density at radius 3 is 2.44 bits per heavy atom. The number of unbranched alkanes of at least 4 members (excludes halogenated alkanes) is 1. The molecule has 1 aliphatic heterocycles. The van der Waals surface area contributed by atoms with Gasteiger partial charge in [0.05, 0.1) is 18.8 Å². The summed E-state index contributed by atoms with van der Waals surface area (Å²) in [7, 11) is 1.60. The second kappa shape index (κ2) is 13.0. The van der Waals surface area contributed by atoms with Crippen molar-refractivity contribution in [1.82, 2.24) is 5.32 Å². The summed E-state index contributed by atoms with van der Waals surface area (Å²) in [6.07, 6.45) is 4.27. The highest BCUT2D eigenvalue weighted by Gasteiger charge is 2.22. The fourth-order valence-corrected chi connectivity index (χ4v) is 3.92. The molecule has 184 valence electrons. The molecule has 0 unspecified atom stereocenters. The van der Waals surface area contributed by atoms with Crippen LogP contribution in [-0.4, -0.2) is 51.8 Å². The largest absolute Gasteiger partial charge is 0.494 e. The minimum absolute atomic E-state index is 0.171. The van der Waals surface area contributed by atoms with Gasteiger partial charge in [-0.05, 0) is 67.6 Å². The maximum Gasteiger partial charge on any atom is 0.255 e. The molecule has 0 bridgehead atoms. The highest BCUT2D eigenvalue weighted by molar-refractivity contribution is 6.06. The number of benzene rings is 2. The maximum atomic E-state index is 13.0. The zero-order valence-electron chi connectivity index (χ0n) is 20.6. The summed E-state index contributed by atoms with van der Waals surface area (Å²) in [4.78, 5) is 28.1. The minimum atomic E-state index is -0.231. The van der Waals surface area contributed by atoms with Crippen molar-refractivity contribution in [3.05, 3.63) is 53.6 Å². The first-order chi connectivity index (χ1) is 16.5. The number of amides is 2. The molecule has 2 aromatic carbocycles. The zero-order chi connectivity index (χ0) is 24.3. The Balaban J connectivity index is 1.73. The predicted octanol–water partition coefficient (Wildman–Crippen LogP) is 4.73. The Morgan fingerprint density at radius 2 is 1.76 bits per heavy atom. The van der Waals surface area contributed by atoms with Crippen molar-refractivity contribution >= 4 is 23.2 Å². The quantitative estimate of drug-likeness (QED) is 0.467. The number of hydrogen-bond acceptors (Lipinski definition) is 5. The molecule has 7 nitrogen and oxygen atoms in total. The molecule has 2 N–H and O–H groups in total. The minimum Gasteiger partial charge on any atom is -0.494 e. The standard InChI is InChI=1S/C27H37N3O4/c1-4-5-17-34-23-9-6-21(7-10-23)26(31)29-22-8-11-25(30-15-12-20(2)13-16-30)24(19-22)27(32)28-14-18-33-3/h6-11,19-20H,4-5,12-18H2,1-3H3,(H,28,32)(H,29,31). The first-order valence-electron chi connectivity index (χ1n) is 12.2. The third-order valence-corrected chi connectivity index (χ3v) is 6.10. The molecule has 34 heavy (non-hydrogen) atoms. The van der Waals surface area contributed by atoms with Gasteiger partial charge in [0.1, 0.15) is 5.75 Å². The second-order valence-corrected chi connectivity index (χ2v) is 8.83. The second-order valence-electron chi connectivity index (χ2n) is 8.83. The number of piperidine rings is 1. The molecule has 1 heterocycles. The smallest absolute Gasteiger partial charge is 0.255 e. The van der Waals surface area contributed by atoms with Crippen LogP contribution in [0.1, 0.15) is 60.2 Å². The first-order valence-corrected chi connectivity index (χ1v) is 12.2. The normalized spacial score (nSPS) is 14.0. The lowest BCUT2D eigenvalue weighted by Gasteiger charge is -2.33. The van der Waals surface area contributed by atoms with Crippen LogP contribution in [0.25, 0.3) is 0 Å². The lowest BCUT2D eigenvalue weighted by molar-refractivity contribution is 0.0936. The number of carbonyl (C=O) groups excluding carboxylic acids is 2. The number of nitrogens with zero attached hydrogens (tertiary/aromatic N) is 1. The number of nitrogens with one attached hydrogen (secondary N) is 2. The molecule has 0 radical (unpaired) electrons. The summed E-state index contributed by atoms with van der Waals surface area (Å²) in [6, 6.07) is 12.7. The lowest BCUT2D eigenvalue weighted by atomic mass is 9.97. The summed E-state index contributed by atoms with van der Waals surface area (Å²) in [6.45, 7) is 7.74. The van der Waals surface area contributed by atoms with Crippen LogP contribution in [0.5, 0.6) is 5.75 Å². The Morgan fingerprint density at radius 1 is 1.03 bits per heavy atom. The fraction of sp³-hybridized carbons (Fsp3) is 0.481. The number of anilines is 2. The van der Waals surface area contributed by atoms with E-state index >= 15 is 0 Å². The molecule has 0 aromatic heterocycles. The van der Waals surface area contributed by atoms with Crippen molar-refractivity contribution in [2.24, 2.45) is 5.92 Å². The van der Waals surface area contributed by atoms with Gasteiger partial charge in [-0.25, -0.2) is 0 Å². The molecule has 2 aromatic rings. The highest BCUT2D eigenvalue weighted by atomic mass is 16.5. The number of methoxy groups -OCH3 is 1. The molecule has 7 heteroatoms. The molecule has 0 spiro atoms. The van der Waals surface area contributed by atoms with Crippen LogP contribution in [0, 0.1) is 5.92 Å². The van der Waals surface area contributed by atoms with Gasteiger partial charge in [-0.3, -0.25) is 9.59 Å². The van der Waals surface area contributed by atoms with E-state index in [9.17, 15) is 9.59 Å². The molecule has 1 saturated heterocycles. The Bertz CT molecular complexity index is 937. The van der Waals surface area contributed by atoms with E-state index in [4.69, 9.17) is 9.47 Å². The number of carbonyl (C=O) groups is 2. The van der Waals surface area contributed by atoms with E-state index in [1.165, 1.54) is 0 Å². The van der Waals surface area contributed by atoms with Crippen molar-refractivity contribution < 1.29 is 19.1 Å². The number of ether oxygens (including phenoxy) is 2. The van der Waals surface area contributed by atoms with Crippen molar-refractivity contribution in [2.45, 2.75) is 39.5 Å². The van der Waals surface area contributed by atoms with E-state index in [1.807, 2.05) is 12.1 Å². The van der Waals surface area contributed by atoms with Crippen molar-refractivity contribution in [2.75, 3.05) is 50.2 Å². The van der Waals surface area contributed by atoms with Crippen molar-refractivity contribution in [1.29, 1.82) is 0 Å². The molecule has 1 fully saturated rings. The van der Waals surface area contributed by atoms with Gasteiger partial charge in [0.2, 0.25) is 0 Å². The summed E-state index contributed by atoms with van der Waals surface area (Å²) in [5, 5.41) is 5.84. The van der Waals surface area contributed by atoms with Crippen LogP contribution in [0.2, 0.25) is 0 Å². The highest BCUT2D eigenvalue weighted by Crippen LogP contribution is 2.29. The summed E-state index contributed by atoms with van der Waals surface area (Å²) >= 11 is 0. The molecular formula is C27H37N3O4. The average Bonchev–Trinajstić information content (AvgIpc) is 2.85. The first kappa shape index (κ1) is 25.6. The van der Waals surface area contributed by atoms with E-state index in [0.29, 0.717) is 42.5 Å². The van der Waals surface area contributed by atoms with Gasteiger partial charge in [0.15, 0.2) is 0 Å². The van der Waals surface area contributed by atoms with Crippen LogP contribution in [0.3, 0.4) is 0 Å². The fourth-order valence-electron chi connectivity index (χ4n) is 3.92. The van der Waals surface area contributed by atoms with Gasteiger partial charge < -0.3 is 25.0 Å². The van der Waals surface area contributed by atoms with Gasteiger partial charge in [-0.15, -0.1) is 0 Å². The Labute approximate surface area is 202 Å². The van der Waals surface area contributed by atoms with Crippen molar-refractivity contribution in [3.8, 4) is 5.75 Å². The third-order valence-electron chi connectivity index (χ3n) is 6.10. The molecule has 0 aliphatic carbocycles. The van der Waals surface area contributed by atoms with Gasteiger partial charge in [0.25, 0.3) is 11.8 Å². The summed E-state index contributed by atoms with van der Waals surface area (Å²) in [5.74, 6) is 1.04. The topological polar surface area (TPSA) is 79.9 Å². The zero-order valence-corrected chi connectivity index (χ0v) is 20.6. The number of hydrogen-bond donors (Lipinski definition) is 2. The van der Waals surface area contributed by atoms with Gasteiger partial charge in [-0.2, -0.15) is 0 Å².